The molecule has 8 nitrogen and oxygen atoms in total. The summed E-state index contributed by atoms with van der Waals surface area (Å²) in [6, 6.07) is 7.87. The maximum absolute atomic E-state index is 11.5. The van der Waals surface area contributed by atoms with E-state index in [-0.39, 0.29) is 11.5 Å². The smallest absolute Gasteiger partial charge is 0.335 e. The first-order valence-corrected chi connectivity index (χ1v) is 7.60. The van der Waals surface area contributed by atoms with Crippen molar-refractivity contribution in [2.45, 2.75) is 6.92 Å². The second-order valence-electron chi connectivity index (χ2n) is 5.45. The average molecular weight is 350 g/mol. The Morgan fingerprint density at radius 1 is 1.27 bits per heavy atom. The second-order valence-corrected chi connectivity index (χ2v) is 5.45. The number of carbonyl (C=O) groups excluding carboxylic acids is 2. The van der Waals surface area contributed by atoms with E-state index in [1.54, 1.807) is 24.4 Å². The number of nitrogens with zero attached hydrogens (tertiary/aromatic N) is 3. The van der Waals surface area contributed by atoms with Crippen LogP contribution in [0.15, 0.2) is 48.9 Å². The lowest BCUT2D eigenvalue weighted by Crippen LogP contribution is -2.08. The Labute approximate surface area is 148 Å². The summed E-state index contributed by atoms with van der Waals surface area (Å²) < 4.78 is 1.42. The normalized spacial score (nSPS) is 10.3. The highest BCUT2D eigenvalue weighted by atomic mass is 16.4. The third-order valence-corrected chi connectivity index (χ3v) is 3.66. The minimum atomic E-state index is -1.06. The van der Waals surface area contributed by atoms with Gasteiger partial charge in [0.25, 0.3) is 0 Å². The topological polar surface area (TPSA) is 114 Å². The van der Waals surface area contributed by atoms with Gasteiger partial charge >= 0.3 is 5.97 Å². The molecule has 0 bridgehead atoms. The first kappa shape index (κ1) is 17.0. The maximum Gasteiger partial charge on any atom is 0.335 e. The molecule has 0 spiro atoms. The number of aromatic nitrogens is 3. The van der Waals surface area contributed by atoms with Crippen molar-refractivity contribution in [3.05, 3.63) is 60.0 Å². The van der Waals surface area contributed by atoms with E-state index >= 15 is 0 Å². The van der Waals surface area contributed by atoms with E-state index in [1.165, 1.54) is 36.1 Å². The van der Waals surface area contributed by atoms with Gasteiger partial charge in [0.15, 0.2) is 12.1 Å². The Morgan fingerprint density at radius 2 is 2.08 bits per heavy atom. The molecule has 0 saturated carbocycles. The van der Waals surface area contributed by atoms with Gasteiger partial charge in [-0.05, 0) is 23.8 Å². The van der Waals surface area contributed by atoms with Gasteiger partial charge in [-0.2, -0.15) is 5.10 Å². The first-order chi connectivity index (χ1) is 12.5. The maximum atomic E-state index is 11.5. The molecule has 0 aliphatic heterocycles. The first-order valence-electron chi connectivity index (χ1n) is 7.60. The third kappa shape index (κ3) is 3.34. The van der Waals surface area contributed by atoms with Crippen molar-refractivity contribution in [2.24, 2.45) is 0 Å². The van der Waals surface area contributed by atoms with Crippen LogP contribution in [0.25, 0.3) is 16.9 Å². The fourth-order valence-corrected chi connectivity index (χ4v) is 2.51. The molecule has 2 aromatic heterocycles. The van der Waals surface area contributed by atoms with Crippen LogP contribution in [0.5, 0.6) is 0 Å². The van der Waals surface area contributed by atoms with Crippen LogP contribution in [-0.4, -0.2) is 38.0 Å². The van der Waals surface area contributed by atoms with E-state index in [0.29, 0.717) is 34.5 Å². The van der Waals surface area contributed by atoms with Crippen molar-refractivity contribution < 1.29 is 19.5 Å². The summed E-state index contributed by atoms with van der Waals surface area (Å²) in [5, 5.41) is 15.9. The van der Waals surface area contributed by atoms with Crippen molar-refractivity contribution in [1.82, 2.24) is 14.8 Å². The molecule has 3 rings (SSSR count). The lowest BCUT2D eigenvalue weighted by molar-refractivity contribution is -0.114. The Hall–Kier alpha value is -3.81. The van der Waals surface area contributed by atoms with Gasteiger partial charge in [0, 0.05) is 30.4 Å². The van der Waals surface area contributed by atoms with Crippen LogP contribution in [0.2, 0.25) is 0 Å². The van der Waals surface area contributed by atoms with Crippen LogP contribution in [-0.2, 0) is 4.79 Å². The van der Waals surface area contributed by atoms with Gasteiger partial charge in [-0.25, -0.2) is 14.5 Å². The predicted octanol–water partition coefficient (Wildman–Crippen LogP) is 2.40. The second kappa shape index (κ2) is 6.98. The number of carboxylic acids is 1. The third-order valence-electron chi connectivity index (χ3n) is 3.66. The molecule has 8 heteroatoms. The number of hydrogen-bond donors (Lipinski definition) is 2. The predicted molar refractivity (Wildman–Crippen MR) is 93.4 cm³/mol. The lowest BCUT2D eigenvalue weighted by Gasteiger charge is -2.09. The molecule has 1 amide bonds. The van der Waals surface area contributed by atoms with E-state index in [1.807, 2.05) is 0 Å². The average Bonchev–Trinajstić information content (AvgIpc) is 3.11. The summed E-state index contributed by atoms with van der Waals surface area (Å²) in [4.78, 5) is 38.0. The molecule has 0 saturated heterocycles. The highest BCUT2D eigenvalue weighted by Crippen LogP contribution is 2.28. The van der Waals surface area contributed by atoms with Crippen LogP contribution in [0.3, 0.4) is 0 Å². The van der Waals surface area contributed by atoms with Gasteiger partial charge < -0.3 is 10.4 Å². The monoisotopic (exact) mass is 350 g/mol. The molecule has 2 N–H and O–H groups in total. The Kier molecular flexibility index (Phi) is 4.57. The summed E-state index contributed by atoms with van der Waals surface area (Å²) >= 11 is 0. The number of anilines is 1. The molecule has 0 fully saturated rings. The van der Waals surface area contributed by atoms with E-state index in [0.717, 1.165) is 0 Å². The van der Waals surface area contributed by atoms with E-state index in [9.17, 15) is 14.4 Å². The zero-order valence-electron chi connectivity index (χ0n) is 13.7. The van der Waals surface area contributed by atoms with Gasteiger partial charge in [0.2, 0.25) is 5.91 Å². The van der Waals surface area contributed by atoms with Crippen molar-refractivity contribution in [1.29, 1.82) is 0 Å². The molecular formula is C18H14N4O4. The number of pyridine rings is 1. The fourth-order valence-electron chi connectivity index (χ4n) is 2.51. The van der Waals surface area contributed by atoms with Gasteiger partial charge in [-0.3, -0.25) is 9.59 Å². The minimum absolute atomic E-state index is 0.0910. The van der Waals surface area contributed by atoms with Gasteiger partial charge in [-0.15, -0.1) is 0 Å². The molecule has 2 heterocycles. The number of nitrogens with one attached hydrogen (secondary N) is 1. The summed E-state index contributed by atoms with van der Waals surface area (Å²) in [6.45, 7) is 1.36. The lowest BCUT2D eigenvalue weighted by atomic mass is 10.0. The molecule has 0 aliphatic carbocycles. The molecule has 0 radical (unpaired) electrons. The fraction of sp³-hybridized carbons (Fsp3) is 0.0556. The van der Waals surface area contributed by atoms with Crippen molar-refractivity contribution in [3.8, 4) is 16.9 Å². The Morgan fingerprint density at radius 3 is 2.77 bits per heavy atom. The number of rotatable bonds is 5. The number of aromatic carboxylic acids is 1. The standard InChI is InChI=1S/C18H14N4O4/c1-11(24)21-16-4-2-3-14(15(16)10-23)13-8-20-22(9-13)17-7-12(18(25)26)5-6-19-17/h2-10H,1H3,(H,21,24)(H,25,26). The Bertz CT molecular complexity index is 1010. The molecule has 0 aliphatic rings. The van der Waals surface area contributed by atoms with Gasteiger partial charge in [0.1, 0.15) is 0 Å². The van der Waals surface area contributed by atoms with Crippen LogP contribution >= 0.6 is 0 Å². The Balaban J connectivity index is 2.03. The highest BCUT2D eigenvalue weighted by molar-refractivity contribution is 6.00. The van der Waals surface area contributed by atoms with E-state index < -0.39 is 5.97 Å². The molecule has 26 heavy (non-hydrogen) atoms. The minimum Gasteiger partial charge on any atom is -0.478 e. The van der Waals surface area contributed by atoms with Crippen LogP contribution in [0, 0.1) is 0 Å². The molecular weight excluding hydrogens is 336 g/mol. The van der Waals surface area contributed by atoms with Crippen LogP contribution in [0.4, 0.5) is 5.69 Å². The number of benzene rings is 1. The van der Waals surface area contributed by atoms with Crippen LogP contribution < -0.4 is 5.32 Å². The number of carbonyl (C=O) groups is 3. The zero-order valence-corrected chi connectivity index (χ0v) is 13.7. The van der Waals surface area contributed by atoms with Crippen molar-refractivity contribution in [2.75, 3.05) is 5.32 Å². The number of carboxylic acid groups (broad SMARTS) is 1. The molecule has 0 atom stereocenters. The number of hydrogen-bond acceptors (Lipinski definition) is 5. The van der Waals surface area contributed by atoms with Crippen molar-refractivity contribution in [3.63, 3.8) is 0 Å². The molecule has 130 valence electrons. The molecule has 3 aromatic rings. The number of aldehydes is 1. The zero-order chi connectivity index (χ0) is 18.7. The van der Waals surface area contributed by atoms with Crippen LogP contribution in [0.1, 0.15) is 27.6 Å². The summed E-state index contributed by atoms with van der Waals surface area (Å²) in [6.07, 6.45) is 5.22. The number of amides is 1. The SMILES string of the molecule is CC(=O)Nc1cccc(-c2cnn(-c3cc(C(=O)O)ccn3)c2)c1C=O. The summed E-state index contributed by atoms with van der Waals surface area (Å²) in [5.41, 5.74) is 2.04. The molecule has 1 aromatic carbocycles. The van der Waals surface area contributed by atoms with Gasteiger partial charge in [0.05, 0.1) is 17.4 Å². The molecule has 0 unspecified atom stereocenters. The quantitative estimate of drug-likeness (QED) is 0.683. The highest BCUT2D eigenvalue weighted by Gasteiger charge is 2.13. The van der Waals surface area contributed by atoms with E-state index in [4.69, 9.17) is 5.11 Å². The van der Waals surface area contributed by atoms with Crippen molar-refractivity contribution >= 4 is 23.9 Å². The summed E-state index contributed by atoms with van der Waals surface area (Å²) in [5.74, 6) is -1.01. The summed E-state index contributed by atoms with van der Waals surface area (Å²) in [7, 11) is 0. The van der Waals surface area contributed by atoms with Gasteiger partial charge in [-0.1, -0.05) is 12.1 Å². The van der Waals surface area contributed by atoms with E-state index in [2.05, 4.69) is 15.4 Å². The largest absolute Gasteiger partial charge is 0.478 e.